The van der Waals surface area contributed by atoms with Crippen molar-refractivity contribution in [2.24, 2.45) is 0 Å². The van der Waals surface area contributed by atoms with Gasteiger partial charge in [0.2, 0.25) is 0 Å². The Morgan fingerprint density at radius 2 is 2.29 bits per heavy atom. The molecule has 0 spiro atoms. The van der Waals surface area contributed by atoms with Crippen molar-refractivity contribution in [2.75, 3.05) is 26.2 Å². The summed E-state index contributed by atoms with van der Waals surface area (Å²) >= 11 is 0. The number of aliphatic carboxylic acids is 1. The van der Waals surface area contributed by atoms with Crippen LogP contribution in [0.25, 0.3) is 0 Å². The minimum Gasteiger partial charge on any atom is -0.478 e. The molecule has 4 heteroatoms. The first-order chi connectivity index (χ1) is 8.19. The zero-order chi connectivity index (χ0) is 12.7. The molecule has 1 unspecified atom stereocenters. The fourth-order valence-corrected chi connectivity index (χ4v) is 2.37. The smallest absolute Gasteiger partial charge is 0.331 e. The summed E-state index contributed by atoms with van der Waals surface area (Å²) in [5.74, 6) is -0.801. The Labute approximate surface area is 104 Å². The highest BCUT2D eigenvalue weighted by Gasteiger charge is 2.21. The Morgan fingerprint density at radius 1 is 1.53 bits per heavy atom. The van der Waals surface area contributed by atoms with E-state index in [9.17, 15) is 4.79 Å². The van der Waals surface area contributed by atoms with Crippen LogP contribution in [0.1, 0.15) is 33.1 Å². The normalized spacial score (nSPS) is 22.0. The van der Waals surface area contributed by atoms with Crippen molar-refractivity contribution < 1.29 is 9.90 Å². The summed E-state index contributed by atoms with van der Waals surface area (Å²) in [6, 6.07) is 0.628. The van der Waals surface area contributed by atoms with Gasteiger partial charge in [0.1, 0.15) is 0 Å². The molecule has 4 nitrogen and oxygen atoms in total. The maximum Gasteiger partial charge on any atom is 0.331 e. The number of rotatable bonds is 7. The lowest BCUT2D eigenvalue weighted by Gasteiger charge is -2.22. The summed E-state index contributed by atoms with van der Waals surface area (Å²) in [7, 11) is 0. The van der Waals surface area contributed by atoms with Crippen molar-refractivity contribution in [3.63, 3.8) is 0 Å². The molecular formula is C13H24N2O2. The Hall–Kier alpha value is -0.870. The third-order valence-electron chi connectivity index (χ3n) is 3.43. The molecule has 0 amide bonds. The van der Waals surface area contributed by atoms with Gasteiger partial charge < -0.3 is 10.4 Å². The van der Waals surface area contributed by atoms with Gasteiger partial charge in [-0.05, 0) is 32.4 Å². The minimum absolute atomic E-state index is 0.497. The van der Waals surface area contributed by atoms with Gasteiger partial charge in [-0.1, -0.05) is 19.9 Å². The molecule has 2 N–H and O–H groups in total. The minimum atomic E-state index is -0.801. The molecular weight excluding hydrogens is 216 g/mol. The predicted octanol–water partition coefficient (Wildman–Crippen LogP) is 1.48. The van der Waals surface area contributed by atoms with Gasteiger partial charge >= 0.3 is 5.97 Å². The van der Waals surface area contributed by atoms with E-state index in [0.717, 1.165) is 13.1 Å². The molecule has 0 radical (unpaired) electrons. The van der Waals surface area contributed by atoms with Crippen LogP contribution in [-0.2, 0) is 4.79 Å². The monoisotopic (exact) mass is 240 g/mol. The molecule has 0 aromatic carbocycles. The summed E-state index contributed by atoms with van der Waals surface area (Å²) in [5.41, 5.74) is 0.497. The van der Waals surface area contributed by atoms with E-state index in [-0.39, 0.29) is 0 Å². The molecule has 1 atom stereocenters. The van der Waals surface area contributed by atoms with Crippen LogP contribution in [0.5, 0.6) is 0 Å². The van der Waals surface area contributed by atoms with E-state index < -0.39 is 5.97 Å². The van der Waals surface area contributed by atoms with E-state index in [1.54, 1.807) is 6.08 Å². The van der Waals surface area contributed by atoms with Crippen molar-refractivity contribution >= 4 is 5.97 Å². The summed E-state index contributed by atoms with van der Waals surface area (Å²) in [5, 5.41) is 12.2. The van der Waals surface area contributed by atoms with Crippen LogP contribution >= 0.6 is 0 Å². The number of hydrogen-bond acceptors (Lipinski definition) is 3. The molecule has 0 bridgehead atoms. The molecule has 1 fully saturated rings. The first-order valence-electron chi connectivity index (χ1n) is 6.56. The van der Waals surface area contributed by atoms with Crippen molar-refractivity contribution in [3.05, 3.63) is 11.6 Å². The number of carboxylic acid groups (broad SMARTS) is 1. The average Bonchev–Trinajstić information content (AvgIpc) is 2.76. The molecule has 1 aliphatic rings. The maximum atomic E-state index is 10.8. The molecule has 1 rings (SSSR count). The lowest BCUT2D eigenvalue weighted by molar-refractivity contribution is -0.132. The maximum absolute atomic E-state index is 10.8. The number of nitrogens with one attached hydrogen (secondary N) is 1. The summed E-state index contributed by atoms with van der Waals surface area (Å²) in [6.07, 6.45) is 4.91. The van der Waals surface area contributed by atoms with Crippen LogP contribution in [0.4, 0.5) is 0 Å². The van der Waals surface area contributed by atoms with E-state index in [2.05, 4.69) is 17.1 Å². The fraction of sp³-hybridized carbons (Fsp3) is 0.769. The summed E-state index contributed by atoms with van der Waals surface area (Å²) < 4.78 is 0. The quantitative estimate of drug-likeness (QED) is 0.523. The van der Waals surface area contributed by atoms with Crippen LogP contribution in [0.2, 0.25) is 0 Å². The van der Waals surface area contributed by atoms with Gasteiger partial charge in [0.25, 0.3) is 0 Å². The topological polar surface area (TPSA) is 52.6 Å². The SMILES string of the molecule is CC/C(=C/CNCC1CCCN1CC)C(=O)O. The summed E-state index contributed by atoms with van der Waals surface area (Å²) in [6.45, 7) is 7.99. The van der Waals surface area contributed by atoms with Gasteiger partial charge in [-0.2, -0.15) is 0 Å². The highest BCUT2D eigenvalue weighted by atomic mass is 16.4. The number of hydrogen-bond donors (Lipinski definition) is 2. The predicted molar refractivity (Wildman–Crippen MR) is 69.1 cm³/mol. The average molecular weight is 240 g/mol. The third-order valence-corrected chi connectivity index (χ3v) is 3.43. The van der Waals surface area contributed by atoms with Gasteiger partial charge in [0.05, 0.1) is 0 Å². The second kappa shape index (κ2) is 7.45. The first kappa shape index (κ1) is 14.2. The Bertz CT molecular complexity index is 277. The molecule has 17 heavy (non-hydrogen) atoms. The molecule has 1 saturated heterocycles. The molecule has 1 heterocycles. The van der Waals surface area contributed by atoms with Gasteiger partial charge in [-0.15, -0.1) is 0 Å². The van der Waals surface area contributed by atoms with Gasteiger partial charge in [0, 0.05) is 24.7 Å². The molecule has 1 aliphatic heterocycles. The second-order valence-electron chi connectivity index (χ2n) is 4.47. The van der Waals surface area contributed by atoms with Crippen LogP contribution in [0.3, 0.4) is 0 Å². The second-order valence-corrected chi connectivity index (χ2v) is 4.47. The Morgan fingerprint density at radius 3 is 2.88 bits per heavy atom. The van der Waals surface area contributed by atoms with E-state index in [0.29, 0.717) is 24.6 Å². The highest BCUT2D eigenvalue weighted by molar-refractivity contribution is 5.86. The van der Waals surface area contributed by atoms with Crippen molar-refractivity contribution in [3.8, 4) is 0 Å². The molecule has 0 aromatic heterocycles. The number of carboxylic acids is 1. The Balaban J connectivity index is 2.25. The first-order valence-corrected chi connectivity index (χ1v) is 6.56. The van der Waals surface area contributed by atoms with Crippen LogP contribution in [0, 0.1) is 0 Å². The van der Waals surface area contributed by atoms with Crippen molar-refractivity contribution in [1.29, 1.82) is 0 Å². The zero-order valence-electron chi connectivity index (χ0n) is 10.9. The van der Waals surface area contributed by atoms with Crippen LogP contribution in [-0.4, -0.2) is 48.2 Å². The van der Waals surface area contributed by atoms with E-state index in [1.807, 2.05) is 6.92 Å². The van der Waals surface area contributed by atoms with Crippen LogP contribution < -0.4 is 5.32 Å². The Kier molecular flexibility index (Phi) is 6.22. The fourth-order valence-electron chi connectivity index (χ4n) is 2.37. The van der Waals surface area contributed by atoms with E-state index in [4.69, 9.17) is 5.11 Å². The highest BCUT2D eigenvalue weighted by Crippen LogP contribution is 2.15. The summed E-state index contributed by atoms with van der Waals surface area (Å²) in [4.78, 5) is 13.3. The van der Waals surface area contributed by atoms with E-state index >= 15 is 0 Å². The molecule has 0 saturated carbocycles. The van der Waals surface area contributed by atoms with E-state index in [1.165, 1.54) is 19.4 Å². The molecule has 98 valence electrons. The number of likely N-dealkylation sites (N-methyl/N-ethyl adjacent to an activating group) is 1. The van der Waals surface area contributed by atoms with Crippen molar-refractivity contribution in [1.82, 2.24) is 10.2 Å². The standard InChI is InChI=1S/C13H24N2O2/c1-3-11(13(16)17)7-8-14-10-12-6-5-9-15(12)4-2/h7,12,14H,3-6,8-10H2,1-2H3,(H,16,17)/b11-7-. The zero-order valence-corrected chi connectivity index (χ0v) is 10.9. The molecule has 0 aliphatic carbocycles. The number of nitrogens with zero attached hydrogens (tertiary/aromatic N) is 1. The lowest BCUT2D eigenvalue weighted by atomic mass is 10.2. The largest absolute Gasteiger partial charge is 0.478 e. The van der Waals surface area contributed by atoms with Crippen LogP contribution in [0.15, 0.2) is 11.6 Å². The third kappa shape index (κ3) is 4.48. The van der Waals surface area contributed by atoms with Gasteiger partial charge in [-0.3, -0.25) is 4.90 Å². The van der Waals surface area contributed by atoms with Gasteiger partial charge in [-0.25, -0.2) is 4.79 Å². The van der Waals surface area contributed by atoms with Crippen molar-refractivity contribution in [2.45, 2.75) is 39.2 Å². The van der Waals surface area contributed by atoms with Gasteiger partial charge in [0.15, 0.2) is 0 Å². The number of likely N-dealkylation sites (tertiary alicyclic amines) is 1. The number of carbonyl (C=O) groups is 1. The molecule has 0 aromatic rings. The lowest BCUT2D eigenvalue weighted by Crippen LogP contribution is -2.37.